The Labute approximate surface area is 128 Å². The Hall–Kier alpha value is -2.13. The summed E-state index contributed by atoms with van der Waals surface area (Å²) >= 11 is 6.15. The molecule has 3 nitrogen and oxygen atoms in total. The zero-order chi connectivity index (χ0) is 14.7. The second-order valence-electron chi connectivity index (χ2n) is 4.85. The van der Waals surface area contributed by atoms with Crippen LogP contribution in [0.5, 0.6) is 0 Å². The first-order valence-corrected chi connectivity index (χ1v) is 7.33. The molecule has 0 fully saturated rings. The first-order valence-electron chi connectivity index (χ1n) is 6.96. The van der Waals surface area contributed by atoms with Gasteiger partial charge in [0.15, 0.2) is 0 Å². The summed E-state index contributed by atoms with van der Waals surface area (Å²) in [5, 5.41) is 4.63. The van der Waals surface area contributed by atoms with Crippen LogP contribution in [0.15, 0.2) is 53.1 Å². The van der Waals surface area contributed by atoms with E-state index in [0.29, 0.717) is 16.7 Å². The fourth-order valence-electron chi connectivity index (χ4n) is 2.20. The molecule has 0 aliphatic heterocycles. The largest absolute Gasteiger partial charge is 0.334 e. The second kappa shape index (κ2) is 6.10. The fraction of sp³-hybridized carbons (Fsp3) is 0.176. The lowest BCUT2D eigenvalue weighted by Gasteiger charge is -1.99. The van der Waals surface area contributed by atoms with E-state index in [1.165, 1.54) is 5.56 Å². The number of aryl methyl sites for hydroxylation is 1. The molecular weight excluding hydrogens is 284 g/mol. The third kappa shape index (κ3) is 2.98. The van der Waals surface area contributed by atoms with E-state index in [4.69, 9.17) is 16.1 Å². The van der Waals surface area contributed by atoms with Crippen LogP contribution >= 0.6 is 11.6 Å². The van der Waals surface area contributed by atoms with E-state index in [0.717, 1.165) is 24.0 Å². The Bertz CT molecular complexity index is 735. The van der Waals surface area contributed by atoms with Crippen LogP contribution < -0.4 is 0 Å². The molecule has 0 aliphatic carbocycles. The molecule has 3 aromatic rings. The van der Waals surface area contributed by atoms with Gasteiger partial charge in [-0.25, -0.2) is 0 Å². The molecular formula is C17H15ClN2O. The van der Waals surface area contributed by atoms with E-state index >= 15 is 0 Å². The molecule has 0 aliphatic rings. The summed E-state index contributed by atoms with van der Waals surface area (Å²) in [6.07, 6.45) is 2.21. The van der Waals surface area contributed by atoms with Crippen molar-refractivity contribution in [2.24, 2.45) is 0 Å². The van der Waals surface area contributed by atoms with E-state index in [1.807, 2.05) is 36.4 Å². The van der Waals surface area contributed by atoms with Gasteiger partial charge >= 0.3 is 0 Å². The predicted molar refractivity (Wildman–Crippen MR) is 84.2 cm³/mol. The Balaban J connectivity index is 1.89. The van der Waals surface area contributed by atoms with Gasteiger partial charge in [0.1, 0.15) is 0 Å². The van der Waals surface area contributed by atoms with Crippen LogP contribution in [0.3, 0.4) is 0 Å². The molecule has 0 N–H and O–H groups in total. The molecule has 0 saturated heterocycles. The van der Waals surface area contributed by atoms with Crippen LogP contribution in [0.2, 0.25) is 5.02 Å². The van der Waals surface area contributed by atoms with Gasteiger partial charge in [-0.15, -0.1) is 0 Å². The van der Waals surface area contributed by atoms with Crippen LogP contribution in [0.25, 0.3) is 22.8 Å². The molecule has 0 spiro atoms. The maximum Gasteiger partial charge on any atom is 0.258 e. The van der Waals surface area contributed by atoms with E-state index in [1.54, 1.807) is 0 Å². The SMILES string of the molecule is CCCc1ccc(-c2nc(-c3ccccc3Cl)no2)cc1. The molecule has 0 amide bonds. The number of rotatable bonds is 4. The van der Waals surface area contributed by atoms with Crippen LogP contribution in [-0.4, -0.2) is 10.1 Å². The molecule has 1 heterocycles. The summed E-state index contributed by atoms with van der Waals surface area (Å²) in [7, 11) is 0. The van der Waals surface area contributed by atoms with Gasteiger partial charge in [0.25, 0.3) is 5.89 Å². The van der Waals surface area contributed by atoms with Crippen LogP contribution in [-0.2, 0) is 6.42 Å². The fourth-order valence-corrected chi connectivity index (χ4v) is 2.42. The van der Waals surface area contributed by atoms with Gasteiger partial charge in [-0.3, -0.25) is 0 Å². The number of halogens is 1. The van der Waals surface area contributed by atoms with Gasteiger partial charge in [-0.2, -0.15) is 4.98 Å². The lowest BCUT2D eigenvalue weighted by Crippen LogP contribution is -1.84. The van der Waals surface area contributed by atoms with Crippen molar-refractivity contribution >= 4 is 11.6 Å². The Morgan fingerprint density at radius 2 is 1.81 bits per heavy atom. The van der Waals surface area contributed by atoms with Gasteiger partial charge in [0, 0.05) is 11.1 Å². The van der Waals surface area contributed by atoms with Crippen molar-refractivity contribution in [3.63, 3.8) is 0 Å². The summed E-state index contributed by atoms with van der Waals surface area (Å²) in [5.74, 6) is 1.02. The van der Waals surface area contributed by atoms with E-state index in [-0.39, 0.29) is 0 Å². The quantitative estimate of drug-likeness (QED) is 0.679. The molecule has 0 atom stereocenters. The summed E-state index contributed by atoms with van der Waals surface area (Å²) in [5.41, 5.74) is 3.00. The van der Waals surface area contributed by atoms with E-state index in [9.17, 15) is 0 Å². The van der Waals surface area contributed by atoms with Crippen molar-refractivity contribution in [2.75, 3.05) is 0 Å². The van der Waals surface area contributed by atoms with Crippen LogP contribution in [0.4, 0.5) is 0 Å². The Morgan fingerprint density at radius 3 is 2.52 bits per heavy atom. The van der Waals surface area contributed by atoms with Gasteiger partial charge in [-0.05, 0) is 36.2 Å². The number of hydrogen-bond donors (Lipinski definition) is 0. The van der Waals surface area contributed by atoms with Crippen molar-refractivity contribution in [2.45, 2.75) is 19.8 Å². The number of aromatic nitrogens is 2. The molecule has 1 aromatic heterocycles. The van der Waals surface area contributed by atoms with Crippen molar-refractivity contribution in [1.29, 1.82) is 0 Å². The van der Waals surface area contributed by atoms with E-state index < -0.39 is 0 Å². The Kier molecular flexibility index (Phi) is 4.02. The van der Waals surface area contributed by atoms with Crippen molar-refractivity contribution in [3.8, 4) is 22.8 Å². The zero-order valence-corrected chi connectivity index (χ0v) is 12.5. The topological polar surface area (TPSA) is 38.9 Å². The number of benzene rings is 2. The highest BCUT2D eigenvalue weighted by Gasteiger charge is 2.12. The van der Waals surface area contributed by atoms with Gasteiger partial charge in [-0.1, -0.05) is 54.4 Å². The monoisotopic (exact) mass is 298 g/mol. The first kappa shape index (κ1) is 13.8. The third-order valence-electron chi connectivity index (χ3n) is 3.28. The van der Waals surface area contributed by atoms with Crippen LogP contribution in [0, 0.1) is 0 Å². The average molecular weight is 299 g/mol. The van der Waals surface area contributed by atoms with Gasteiger partial charge in [0.2, 0.25) is 5.82 Å². The highest BCUT2D eigenvalue weighted by atomic mass is 35.5. The third-order valence-corrected chi connectivity index (χ3v) is 3.61. The molecule has 106 valence electrons. The summed E-state index contributed by atoms with van der Waals surface area (Å²) in [4.78, 5) is 4.43. The molecule has 3 rings (SSSR count). The molecule has 0 bridgehead atoms. The highest BCUT2D eigenvalue weighted by Crippen LogP contribution is 2.27. The summed E-state index contributed by atoms with van der Waals surface area (Å²) < 4.78 is 5.34. The van der Waals surface area contributed by atoms with Gasteiger partial charge < -0.3 is 4.52 Å². The zero-order valence-electron chi connectivity index (χ0n) is 11.7. The van der Waals surface area contributed by atoms with Crippen LogP contribution in [0.1, 0.15) is 18.9 Å². The lowest BCUT2D eigenvalue weighted by atomic mass is 10.1. The standard InChI is InChI=1S/C17H15ClN2O/c1-2-5-12-8-10-13(11-9-12)17-19-16(20-21-17)14-6-3-4-7-15(14)18/h3-4,6-11H,2,5H2,1H3. The second-order valence-corrected chi connectivity index (χ2v) is 5.26. The van der Waals surface area contributed by atoms with Crippen molar-refractivity contribution < 1.29 is 4.52 Å². The van der Waals surface area contributed by atoms with E-state index in [2.05, 4.69) is 29.2 Å². The van der Waals surface area contributed by atoms with Crippen molar-refractivity contribution in [3.05, 3.63) is 59.1 Å². The van der Waals surface area contributed by atoms with Gasteiger partial charge in [0.05, 0.1) is 5.02 Å². The maximum absolute atomic E-state index is 6.15. The molecule has 2 aromatic carbocycles. The lowest BCUT2D eigenvalue weighted by molar-refractivity contribution is 0.432. The molecule has 4 heteroatoms. The van der Waals surface area contributed by atoms with Crippen molar-refractivity contribution in [1.82, 2.24) is 10.1 Å². The first-order chi connectivity index (χ1) is 10.3. The molecule has 0 unspecified atom stereocenters. The summed E-state index contributed by atoms with van der Waals surface area (Å²) in [6, 6.07) is 15.7. The number of hydrogen-bond acceptors (Lipinski definition) is 3. The normalized spacial score (nSPS) is 10.8. The smallest absolute Gasteiger partial charge is 0.258 e. The summed E-state index contributed by atoms with van der Waals surface area (Å²) in [6.45, 7) is 2.17. The Morgan fingerprint density at radius 1 is 1.05 bits per heavy atom. The predicted octanol–water partition coefficient (Wildman–Crippen LogP) is 5.01. The minimum absolute atomic E-state index is 0.507. The molecule has 0 radical (unpaired) electrons. The molecule has 21 heavy (non-hydrogen) atoms. The highest BCUT2D eigenvalue weighted by molar-refractivity contribution is 6.33. The maximum atomic E-state index is 6.15. The minimum Gasteiger partial charge on any atom is -0.334 e. The average Bonchev–Trinajstić information content (AvgIpc) is 2.98. The minimum atomic E-state index is 0.507. The molecule has 0 saturated carbocycles. The number of nitrogens with zero attached hydrogens (tertiary/aromatic N) is 2.